The number of cyclic esters (lactones) is 1. The Balaban J connectivity index is 1.90. The van der Waals surface area contributed by atoms with Crippen LogP contribution in [0.25, 0.3) is 0 Å². The highest BCUT2D eigenvalue weighted by Gasteiger charge is 2.60. The Kier molecular flexibility index (Phi) is 17.6. The molecule has 3 fully saturated rings. The highest BCUT2D eigenvalue weighted by Crippen LogP contribution is 2.50. The number of unbranched alkanes of at least 4 members (excludes halogenated alkanes) is 1. The van der Waals surface area contributed by atoms with Crippen LogP contribution in [0.4, 0.5) is 0 Å². The van der Waals surface area contributed by atoms with Gasteiger partial charge in [0.25, 0.3) is 0 Å². The number of rotatable bonds is 8. The molecule has 0 aromatic carbocycles. The van der Waals surface area contributed by atoms with Crippen LogP contribution in [0.15, 0.2) is 35.5 Å². The van der Waals surface area contributed by atoms with Crippen molar-refractivity contribution in [3.8, 4) is 0 Å². The molecule has 17 nitrogen and oxygen atoms in total. The molecule has 64 heavy (non-hydrogen) atoms. The minimum atomic E-state index is -2.42. The van der Waals surface area contributed by atoms with Crippen LogP contribution in [0, 0.1) is 16.2 Å². The Morgan fingerprint density at radius 3 is 2.16 bits per heavy atom. The van der Waals surface area contributed by atoms with Crippen LogP contribution in [0.1, 0.15) is 133 Å². The number of hydrogen-bond donors (Lipinski definition) is 4. The molecule has 4 rings (SSSR count). The molecule has 4 aliphatic heterocycles. The van der Waals surface area contributed by atoms with Gasteiger partial charge in [0.15, 0.2) is 11.9 Å². The molecule has 0 unspecified atom stereocenters. The van der Waals surface area contributed by atoms with Crippen LogP contribution >= 0.6 is 0 Å². The van der Waals surface area contributed by atoms with Gasteiger partial charge in [-0.25, -0.2) is 9.59 Å². The number of carbonyl (C=O) groups excluding carboxylic acids is 5. The van der Waals surface area contributed by atoms with Crippen LogP contribution in [0.3, 0.4) is 0 Å². The monoisotopic (exact) mass is 908 g/mol. The second-order valence-electron chi connectivity index (χ2n) is 19.9. The first-order chi connectivity index (χ1) is 29.7. The molecule has 4 N–H and O–H groups in total. The smallest absolute Gasteiger partial charge is 0.330 e. The van der Waals surface area contributed by atoms with Crippen molar-refractivity contribution in [1.29, 1.82) is 0 Å². The van der Waals surface area contributed by atoms with Gasteiger partial charge in [0.1, 0.15) is 12.2 Å². The fourth-order valence-electron chi connectivity index (χ4n) is 8.56. The zero-order valence-electron chi connectivity index (χ0n) is 39.4. The Labute approximate surface area is 376 Å². The van der Waals surface area contributed by atoms with E-state index in [1.54, 1.807) is 60.6 Å². The van der Waals surface area contributed by atoms with E-state index in [1.165, 1.54) is 27.2 Å². The second-order valence-corrected chi connectivity index (χ2v) is 19.9. The van der Waals surface area contributed by atoms with Crippen molar-refractivity contribution < 1.29 is 82.3 Å². The fourth-order valence-corrected chi connectivity index (χ4v) is 8.56. The molecular formula is C47H72O17. The average Bonchev–Trinajstić information content (AvgIpc) is 3.18. The highest BCUT2D eigenvalue weighted by atomic mass is 16.7. The summed E-state index contributed by atoms with van der Waals surface area (Å²) in [5, 5.41) is 47.8. The molecule has 362 valence electrons. The molecule has 11 atom stereocenters. The molecule has 0 aromatic heterocycles. The number of carbonyl (C=O) groups is 5. The highest BCUT2D eigenvalue weighted by molar-refractivity contribution is 5.83. The number of methoxy groups -OCH3 is 2. The number of hydrogen-bond acceptors (Lipinski definition) is 17. The van der Waals surface area contributed by atoms with Gasteiger partial charge in [0.2, 0.25) is 5.79 Å². The third-order valence-corrected chi connectivity index (χ3v) is 12.8. The van der Waals surface area contributed by atoms with Gasteiger partial charge in [-0.1, -0.05) is 58.8 Å². The maximum atomic E-state index is 13.5. The second kappa shape index (κ2) is 21.3. The van der Waals surface area contributed by atoms with E-state index in [4.69, 9.17) is 37.9 Å². The van der Waals surface area contributed by atoms with Crippen LogP contribution in [0.2, 0.25) is 0 Å². The molecule has 3 saturated heterocycles. The van der Waals surface area contributed by atoms with Crippen LogP contribution in [-0.4, -0.2) is 131 Å². The van der Waals surface area contributed by atoms with Crippen LogP contribution in [-0.2, 0) is 61.9 Å². The maximum Gasteiger partial charge on any atom is 0.330 e. The van der Waals surface area contributed by atoms with Gasteiger partial charge in [0, 0.05) is 49.7 Å². The summed E-state index contributed by atoms with van der Waals surface area (Å²) in [5.74, 6) is -7.95. The van der Waals surface area contributed by atoms with Crippen LogP contribution in [0.5, 0.6) is 0 Å². The van der Waals surface area contributed by atoms with Gasteiger partial charge in [0.05, 0.1) is 68.1 Å². The number of aliphatic hydroxyl groups is 4. The predicted molar refractivity (Wildman–Crippen MR) is 228 cm³/mol. The van der Waals surface area contributed by atoms with E-state index in [0.717, 1.165) is 6.08 Å². The van der Waals surface area contributed by atoms with E-state index in [2.05, 4.69) is 0 Å². The summed E-state index contributed by atoms with van der Waals surface area (Å²) >= 11 is 0. The lowest BCUT2D eigenvalue weighted by molar-refractivity contribution is -0.349. The van der Waals surface area contributed by atoms with E-state index < -0.39 is 119 Å². The quantitative estimate of drug-likeness (QED) is 0.113. The van der Waals surface area contributed by atoms with Gasteiger partial charge in [-0.15, -0.1) is 0 Å². The molecule has 4 heterocycles. The van der Waals surface area contributed by atoms with E-state index >= 15 is 0 Å². The van der Waals surface area contributed by atoms with E-state index in [0.29, 0.717) is 18.4 Å². The van der Waals surface area contributed by atoms with Crippen molar-refractivity contribution in [3.05, 3.63) is 35.5 Å². The Morgan fingerprint density at radius 1 is 0.891 bits per heavy atom. The third kappa shape index (κ3) is 13.0. The molecule has 0 spiro atoms. The third-order valence-electron chi connectivity index (χ3n) is 12.8. The van der Waals surface area contributed by atoms with Gasteiger partial charge >= 0.3 is 29.8 Å². The van der Waals surface area contributed by atoms with Crippen molar-refractivity contribution in [3.63, 3.8) is 0 Å². The normalized spacial score (nSPS) is 35.8. The van der Waals surface area contributed by atoms with Gasteiger partial charge < -0.3 is 58.3 Å². The Hall–Kier alpha value is -3.71. The van der Waals surface area contributed by atoms with E-state index in [9.17, 15) is 44.4 Å². The molecule has 0 aliphatic carbocycles. The summed E-state index contributed by atoms with van der Waals surface area (Å²) in [6.45, 7) is 15.1. The topological polar surface area (TPSA) is 240 Å². The maximum absolute atomic E-state index is 13.5. The fraction of sp³-hybridized carbons (Fsp3) is 0.766. The van der Waals surface area contributed by atoms with Gasteiger partial charge in [-0.05, 0) is 59.0 Å². The standard InChI is InChI=1S/C47H72O17/c1-12-13-14-37(50)62-41-29(21-39(52)58-11)20-32-24-35(27(2)48)60-40(53)23-30(49)22-33-25-36(61-42(54)43(3,4)5)45(8,9)46(55,63-33)26-34-18-28(19-38(51)57-10)17-31(59-34)15-16-44(6,7)47(41,56)64-32/h15-16,19,21,27,30-36,41,48-49,55-56H,12-14,17-18,20,22-26H2,1-11H3/b16-15+,28-19+,29-21+/t27-,30-,31+,32+,33-,34+,35-,36+,41+,46+,47-/m1/s1. The SMILES string of the molecule is CCCCC(=O)O[C@H]1/C(=C/C(=O)OC)C[C@H]2C[C@H]([C@@H](C)O)OC(=O)C[C@H](O)C[C@@H]3C[C@H](OC(=O)C(C)(C)C)C(C)(C)[C@](O)(C[C@@H]4C/C(=C/C(=O)OC)C[C@H](/C=C/C(C)(C)[C@]1(O)O2)O4)O3. The first-order valence-electron chi connectivity index (χ1n) is 22.3. The minimum absolute atomic E-state index is 0.0141. The van der Waals surface area contributed by atoms with Crippen molar-refractivity contribution in [2.24, 2.45) is 16.2 Å². The van der Waals surface area contributed by atoms with E-state index in [-0.39, 0.29) is 56.9 Å². The minimum Gasteiger partial charge on any atom is -0.466 e. The van der Waals surface area contributed by atoms with Crippen molar-refractivity contribution in [2.45, 2.75) is 199 Å². The predicted octanol–water partition coefficient (Wildman–Crippen LogP) is 4.58. The summed E-state index contributed by atoms with van der Waals surface area (Å²) in [6.07, 6.45) is -3.89. The number of ether oxygens (including phenoxy) is 8. The molecule has 4 aliphatic rings. The summed E-state index contributed by atoms with van der Waals surface area (Å²) in [7, 11) is 2.42. The summed E-state index contributed by atoms with van der Waals surface area (Å²) in [4.78, 5) is 65.6. The van der Waals surface area contributed by atoms with Crippen molar-refractivity contribution in [1.82, 2.24) is 0 Å². The number of fused-ring (bicyclic) bond motifs is 6. The lowest BCUT2D eigenvalue weighted by Crippen LogP contribution is -2.62. The first kappa shape index (κ1) is 52.9. The van der Waals surface area contributed by atoms with Gasteiger partial charge in [-0.2, -0.15) is 0 Å². The lowest BCUT2D eigenvalue weighted by atomic mass is 9.70. The summed E-state index contributed by atoms with van der Waals surface area (Å²) < 4.78 is 47.2. The van der Waals surface area contributed by atoms with Gasteiger partial charge in [-0.3, -0.25) is 14.4 Å². The Morgan fingerprint density at radius 2 is 1.55 bits per heavy atom. The molecule has 6 bridgehead atoms. The first-order valence-corrected chi connectivity index (χ1v) is 22.3. The largest absolute Gasteiger partial charge is 0.466 e. The number of aliphatic hydroxyl groups excluding tert-OH is 2. The summed E-state index contributed by atoms with van der Waals surface area (Å²) in [5.41, 5.74) is -2.89. The zero-order valence-corrected chi connectivity index (χ0v) is 39.4. The number of esters is 5. The average molecular weight is 909 g/mol. The molecule has 0 amide bonds. The molecule has 0 aromatic rings. The molecule has 0 radical (unpaired) electrons. The van der Waals surface area contributed by atoms with Crippen molar-refractivity contribution in [2.75, 3.05) is 14.2 Å². The summed E-state index contributed by atoms with van der Waals surface area (Å²) in [6, 6.07) is 0. The van der Waals surface area contributed by atoms with E-state index in [1.807, 2.05) is 6.92 Å². The lowest BCUT2D eigenvalue weighted by Gasteiger charge is -2.54. The molecule has 0 saturated carbocycles. The zero-order chi connectivity index (χ0) is 48.0. The molecular weight excluding hydrogens is 836 g/mol. The molecule has 17 heteroatoms. The van der Waals surface area contributed by atoms with Crippen molar-refractivity contribution >= 4 is 29.8 Å². The Bertz CT molecular complexity index is 1770. The van der Waals surface area contributed by atoms with Crippen LogP contribution < -0.4 is 0 Å².